The van der Waals surface area contributed by atoms with Crippen LogP contribution in [0.25, 0.3) is 0 Å². The smallest absolute Gasteiger partial charge is 0.0846 e. The lowest BCUT2D eigenvalue weighted by Gasteiger charge is -2.05. The largest absolute Gasteiger partial charge is 0.323 e. The Morgan fingerprint density at radius 2 is 2.50 bits per heavy atom. The molecule has 2 aromatic heterocycles. The van der Waals surface area contributed by atoms with Crippen LogP contribution in [0.3, 0.4) is 0 Å². The van der Waals surface area contributed by atoms with E-state index in [9.17, 15) is 0 Å². The zero-order chi connectivity index (χ0) is 9.97. The number of hydrogen-bond donors (Lipinski definition) is 1. The molecule has 14 heavy (non-hydrogen) atoms. The Kier molecular flexibility index (Phi) is 2.60. The lowest BCUT2D eigenvalue weighted by atomic mass is 10.1. The Balaban J connectivity index is 2.05. The SMILES string of the molecule is Cn1ncc(CC(N)c2cccs2)n1. The van der Waals surface area contributed by atoms with Gasteiger partial charge in [0.25, 0.3) is 0 Å². The standard InChI is InChI=1S/C9H12N4S/c1-13-11-6-7(12-13)5-8(10)9-3-2-4-14-9/h2-4,6,8H,5,10H2,1H3. The lowest BCUT2D eigenvalue weighted by Crippen LogP contribution is -2.12. The van der Waals surface area contributed by atoms with Crippen LogP contribution in [-0.2, 0) is 13.5 Å². The third-order valence-electron chi connectivity index (χ3n) is 1.98. The molecule has 2 aromatic rings. The van der Waals surface area contributed by atoms with Gasteiger partial charge in [0.1, 0.15) is 0 Å². The van der Waals surface area contributed by atoms with E-state index in [1.807, 2.05) is 17.5 Å². The number of nitrogens with zero attached hydrogens (tertiary/aromatic N) is 3. The van der Waals surface area contributed by atoms with Gasteiger partial charge in [0.2, 0.25) is 0 Å². The lowest BCUT2D eigenvalue weighted by molar-refractivity contribution is 0.632. The molecular formula is C9H12N4S. The fourth-order valence-electron chi connectivity index (χ4n) is 1.31. The molecule has 0 fully saturated rings. The first kappa shape index (κ1) is 9.36. The van der Waals surface area contributed by atoms with Gasteiger partial charge in [0, 0.05) is 24.4 Å². The van der Waals surface area contributed by atoms with Gasteiger partial charge in [0.05, 0.1) is 11.9 Å². The fraction of sp³-hybridized carbons (Fsp3) is 0.333. The Morgan fingerprint density at radius 3 is 3.07 bits per heavy atom. The molecule has 5 heteroatoms. The van der Waals surface area contributed by atoms with E-state index in [2.05, 4.69) is 10.2 Å². The van der Waals surface area contributed by atoms with E-state index in [4.69, 9.17) is 5.73 Å². The fourth-order valence-corrected chi connectivity index (χ4v) is 2.04. The minimum absolute atomic E-state index is 0.0340. The molecule has 0 saturated heterocycles. The summed E-state index contributed by atoms with van der Waals surface area (Å²) in [6.07, 6.45) is 2.50. The maximum Gasteiger partial charge on any atom is 0.0846 e. The highest BCUT2D eigenvalue weighted by Crippen LogP contribution is 2.19. The molecule has 0 radical (unpaired) electrons. The van der Waals surface area contributed by atoms with Crippen molar-refractivity contribution in [2.24, 2.45) is 12.8 Å². The van der Waals surface area contributed by atoms with E-state index < -0.39 is 0 Å². The first-order valence-electron chi connectivity index (χ1n) is 4.40. The van der Waals surface area contributed by atoms with Crippen molar-refractivity contribution in [1.29, 1.82) is 0 Å². The van der Waals surface area contributed by atoms with Crippen LogP contribution < -0.4 is 5.73 Å². The summed E-state index contributed by atoms with van der Waals surface area (Å²) in [5, 5.41) is 10.2. The monoisotopic (exact) mass is 208 g/mol. The molecule has 0 aliphatic heterocycles. The third kappa shape index (κ3) is 2.00. The summed E-state index contributed by atoms with van der Waals surface area (Å²) >= 11 is 1.68. The highest BCUT2D eigenvalue weighted by molar-refractivity contribution is 7.10. The summed E-state index contributed by atoms with van der Waals surface area (Å²) < 4.78 is 0. The van der Waals surface area contributed by atoms with Gasteiger partial charge in [-0.15, -0.1) is 11.3 Å². The molecule has 0 saturated carbocycles. The van der Waals surface area contributed by atoms with Crippen LogP contribution in [0.5, 0.6) is 0 Å². The van der Waals surface area contributed by atoms with Crippen molar-refractivity contribution >= 4 is 11.3 Å². The number of rotatable bonds is 3. The van der Waals surface area contributed by atoms with E-state index in [1.54, 1.807) is 29.4 Å². The number of hydrogen-bond acceptors (Lipinski definition) is 4. The van der Waals surface area contributed by atoms with Crippen molar-refractivity contribution in [3.05, 3.63) is 34.3 Å². The molecule has 74 valence electrons. The number of nitrogens with two attached hydrogens (primary N) is 1. The van der Waals surface area contributed by atoms with E-state index >= 15 is 0 Å². The third-order valence-corrected chi connectivity index (χ3v) is 2.99. The summed E-state index contributed by atoms with van der Waals surface area (Å²) in [6.45, 7) is 0. The number of thiophene rings is 1. The predicted molar refractivity (Wildman–Crippen MR) is 56.0 cm³/mol. The van der Waals surface area contributed by atoms with Crippen LogP contribution in [0.2, 0.25) is 0 Å². The summed E-state index contributed by atoms with van der Waals surface area (Å²) in [6, 6.07) is 4.09. The van der Waals surface area contributed by atoms with Crippen molar-refractivity contribution in [1.82, 2.24) is 15.0 Å². The first-order chi connectivity index (χ1) is 6.75. The second-order valence-corrected chi connectivity index (χ2v) is 4.13. The van der Waals surface area contributed by atoms with Gasteiger partial charge in [-0.1, -0.05) is 6.07 Å². The topological polar surface area (TPSA) is 56.7 Å². The van der Waals surface area contributed by atoms with Crippen molar-refractivity contribution in [2.45, 2.75) is 12.5 Å². The minimum atomic E-state index is 0.0340. The van der Waals surface area contributed by atoms with Gasteiger partial charge in [0.15, 0.2) is 0 Å². The normalized spacial score (nSPS) is 13.0. The molecule has 0 bridgehead atoms. The van der Waals surface area contributed by atoms with Gasteiger partial charge in [-0.25, -0.2) is 0 Å². The number of aromatic nitrogens is 3. The van der Waals surface area contributed by atoms with Crippen LogP contribution in [0.1, 0.15) is 16.6 Å². The van der Waals surface area contributed by atoms with Crippen LogP contribution in [0.15, 0.2) is 23.7 Å². The summed E-state index contributed by atoms with van der Waals surface area (Å²) in [5.41, 5.74) is 6.95. The zero-order valence-corrected chi connectivity index (χ0v) is 8.74. The van der Waals surface area contributed by atoms with Crippen molar-refractivity contribution < 1.29 is 0 Å². The quantitative estimate of drug-likeness (QED) is 0.822. The summed E-state index contributed by atoms with van der Waals surface area (Å²) in [7, 11) is 1.81. The maximum absolute atomic E-state index is 6.01. The van der Waals surface area contributed by atoms with Crippen LogP contribution in [0, 0.1) is 0 Å². The van der Waals surface area contributed by atoms with E-state index in [1.165, 1.54) is 4.88 Å². The average molecular weight is 208 g/mol. The second-order valence-electron chi connectivity index (χ2n) is 3.15. The Labute approximate surface area is 86.4 Å². The second kappa shape index (κ2) is 3.89. The van der Waals surface area contributed by atoms with Gasteiger partial charge < -0.3 is 5.73 Å². The summed E-state index contributed by atoms with van der Waals surface area (Å²) in [4.78, 5) is 2.74. The van der Waals surface area contributed by atoms with Gasteiger partial charge in [-0.3, -0.25) is 0 Å². The maximum atomic E-state index is 6.01. The molecule has 2 rings (SSSR count). The van der Waals surface area contributed by atoms with E-state index in [0.29, 0.717) is 0 Å². The Bertz CT molecular complexity index is 393. The molecule has 2 N–H and O–H groups in total. The first-order valence-corrected chi connectivity index (χ1v) is 5.28. The van der Waals surface area contributed by atoms with Crippen LogP contribution >= 0.6 is 11.3 Å². The minimum Gasteiger partial charge on any atom is -0.323 e. The van der Waals surface area contributed by atoms with Gasteiger partial charge in [-0.05, 0) is 11.4 Å². The molecule has 0 aliphatic rings. The van der Waals surface area contributed by atoms with Gasteiger partial charge >= 0.3 is 0 Å². The van der Waals surface area contributed by atoms with Crippen LogP contribution in [-0.4, -0.2) is 15.0 Å². The highest BCUT2D eigenvalue weighted by atomic mass is 32.1. The molecule has 4 nitrogen and oxygen atoms in total. The van der Waals surface area contributed by atoms with Crippen molar-refractivity contribution in [3.8, 4) is 0 Å². The molecule has 0 amide bonds. The van der Waals surface area contributed by atoms with Crippen LogP contribution in [0.4, 0.5) is 0 Å². The van der Waals surface area contributed by atoms with Crippen molar-refractivity contribution in [3.63, 3.8) is 0 Å². The molecule has 0 aliphatic carbocycles. The van der Waals surface area contributed by atoms with Crippen molar-refractivity contribution in [2.75, 3.05) is 0 Å². The predicted octanol–water partition coefficient (Wildman–Crippen LogP) is 1.12. The average Bonchev–Trinajstić information content (AvgIpc) is 2.75. The molecule has 0 spiro atoms. The zero-order valence-electron chi connectivity index (χ0n) is 7.92. The Morgan fingerprint density at radius 1 is 1.64 bits per heavy atom. The molecule has 0 aromatic carbocycles. The molecule has 1 unspecified atom stereocenters. The Hall–Kier alpha value is -1.20. The van der Waals surface area contributed by atoms with E-state index in [-0.39, 0.29) is 6.04 Å². The molecule has 1 atom stereocenters. The highest BCUT2D eigenvalue weighted by Gasteiger charge is 2.09. The van der Waals surface area contributed by atoms with Gasteiger partial charge in [-0.2, -0.15) is 15.0 Å². The van der Waals surface area contributed by atoms with E-state index in [0.717, 1.165) is 12.1 Å². The summed E-state index contributed by atoms with van der Waals surface area (Å²) in [5.74, 6) is 0. The molecular weight excluding hydrogens is 196 g/mol. The molecule has 2 heterocycles. The number of aryl methyl sites for hydroxylation is 1.